The van der Waals surface area contributed by atoms with Gasteiger partial charge < -0.3 is 18.1 Å². The van der Waals surface area contributed by atoms with Crippen molar-refractivity contribution in [1.29, 1.82) is 0 Å². The first-order valence-electron chi connectivity index (χ1n) is 16.3. The molecule has 0 aromatic heterocycles. The van der Waals surface area contributed by atoms with E-state index in [0.717, 1.165) is 33.4 Å². The van der Waals surface area contributed by atoms with Gasteiger partial charge in [0.1, 0.15) is 0 Å². The van der Waals surface area contributed by atoms with Gasteiger partial charge >= 0.3 is 15.2 Å². The van der Waals surface area contributed by atoms with Gasteiger partial charge in [-0.25, -0.2) is 0 Å². The summed E-state index contributed by atoms with van der Waals surface area (Å²) in [6.07, 6.45) is 0.315. The minimum atomic E-state index is -3.46. The van der Waals surface area contributed by atoms with Crippen LogP contribution in [0.15, 0.2) is 97.1 Å². The van der Waals surface area contributed by atoms with Gasteiger partial charge in [0.05, 0.1) is 44.2 Å². The second-order valence-corrected chi connectivity index (χ2v) is 19.2. The molecule has 0 radical (unpaired) electrons. The van der Waals surface area contributed by atoms with Gasteiger partial charge in [0.2, 0.25) is 0 Å². The Morgan fingerprint density at radius 2 is 0.872 bits per heavy atom. The lowest BCUT2D eigenvalue weighted by Gasteiger charge is -2.43. The zero-order valence-electron chi connectivity index (χ0n) is 28.3. The van der Waals surface area contributed by atoms with E-state index in [1.807, 2.05) is 48.5 Å². The van der Waals surface area contributed by atoms with Crippen molar-refractivity contribution in [2.24, 2.45) is 5.41 Å². The van der Waals surface area contributed by atoms with Gasteiger partial charge in [-0.1, -0.05) is 139 Å². The summed E-state index contributed by atoms with van der Waals surface area (Å²) in [5.41, 5.74) is 7.64. The molecular formula is C39H46O6P2. The van der Waals surface area contributed by atoms with E-state index < -0.39 is 20.6 Å². The van der Waals surface area contributed by atoms with Gasteiger partial charge in [0, 0.05) is 0 Å². The molecule has 2 aliphatic heterocycles. The predicted octanol–water partition coefficient (Wildman–Crippen LogP) is 10.8. The number of hydrogen-bond acceptors (Lipinski definition) is 6. The summed E-state index contributed by atoms with van der Waals surface area (Å²) in [5.74, 6) is 0. The fraction of sp³-hybridized carbons (Fsp3) is 0.385. The lowest BCUT2D eigenvalue weighted by Crippen LogP contribution is -2.45. The summed E-state index contributed by atoms with van der Waals surface area (Å²) in [5, 5.41) is 0. The molecule has 0 bridgehead atoms. The highest BCUT2D eigenvalue weighted by molar-refractivity contribution is 7.53. The van der Waals surface area contributed by atoms with Crippen LogP contribution in [0.1, 0.15) is 63.8 Å². The Morgan fingerprint density at radius 1 is 0.532 bits per heavy atom. The van der Waals surface area contributed by atoms with E-state index in [1.165, 1.54) is 11.1 Å². The van der Waals surface area contributed by atoms with E-state index in [-0.39, 0.29) is 49.6 Å². The fourth-order valence-corrected chi connectivity index (χ4v) is 9.78. The van der Waals surface area contributed by atoms with Crippen molar-refractivity contribution >= 4 is 15.2 Å². The molecule has 6 nitrogen and oxygen atoms in total. The summed E-state index contributed by atoms with van der Waals surface area (Å²) in [4.78, 5) is 0. The van der Waals surface area contributed by atoms with Gasteiger partial charge in [0.25, 0.3) is 0 Å². The standard InChI is InChI=1S/C39H46O6P2/c1-37(2,3)33-19-17-31(35(21-33)29-13-9-7-10-14-29)23-46(40)42-25-39(26-43-46)27-44-47(41,45-28-39)24-32-18-20-34(38(4,5)6)22-36(32)30-15-11-8-12-16-30/h7-22H,23-28H2,1-6H3. The molecule has 2 fully saturated rings. The van der Waals surface area contributed by atoms with Crippen molar-refractivity contribution in [3.8, 4) is 22.3 Å². The van der Waals surface area contributed by atoms with E-state index in [1.54, 1.807) is 0 Å². The van der Waals surface area contributed by atoms with Crippen LogP contribution in [-0.2, 0) is 50.4 Å². The average Bonchev–Trinajstić information content (AvgIpc) is 3.04. The van der Waals surface area contributed by atoms with Crippen molar-refractivity contribution in [3.05, 3.63) is 119 Å². The molecule has 0 atom stereocenters. The lowest BCUT2D eigenvalue weighted by molar-refractivity contribution is -0.0690. The third-order valence-corrected chi connectivity index (χ3v) is 12.7. The van der Waals surface area contributed by atoms with Crippen LogP contribution >= 0.6 is 15.2 Å². The van der Waals surface area contributed by atoms with E-state index in [2.05, 4.69) is 90.1 Å². The van der Waals surface area contributed by atoms with Crippen LogP contribution in [-0.4, -0.2) is 26.4 Å². The second kappa shape index (κ2) is 12.9. The van der Waals surface area contributed by atoms with E-state index in [0.29, 0.717) is 0 Å². The van der Waals surface area contributed by atoms with Crippen LogP contribution in [0.4, 0.5) is 0 Å². The molecule has 0 N–H and O–H groups in total. The van der Waals surface area contributed by atoms with Gasteiger partial charge in [0.15, 0.2) is 0 Å². The van der Waals surface area contributed by atoms with Crippen LogP contribution in [0.5, 0.6) is 0 Å². The average molecular weight is 673 g/mol. The Morgan fingerprint density at radius 3 is 1.19 bits per heavy atom. The smallest absolute Gasteiger partial charge is 0.307 e. The minimum absolute atomic E-state index is 0.0318. The zero-order valence-corrected chi connectivity index (χ0v) is 30.1. The molecule has 2 aliphatic rings. The maximum absolute atomic E-state index is 14.0. The largest absolute Gasteiger partial charge is 0.335 e. The van der Waals surface area contributed by atoms with Crippen molar-refractivity contribution in [2.75, 3.05) is 26.4 Å². The van der Waals surface area contributed by atoms with Gasteiger partial charge in [-0.2, -0.15) is 0 Å². The topological polar surface area (TPSA) is 71.1 Å². The molecule has 1 spiro atoms. The van der Waals surface area contributed by atoms with Crippen LogP contribution in [0.25, 0.3) is 22.3 Å². The molecule has 6 rings (SSSR count). The van der Waals surface area contributed by atoms with Crippen LogP contribution in [0.3, 0.4) is 0 Å². The first-order valence-corrected chi connectivity index (χ1v) is 19.8. The Balaban J connectivity index is 1.15. The molecule has 0 saturated carbocycles. The quantitative estimate of drug-likeness (QED) is 0.190. The van der Waals surface area contributed by atoms with Crippen LogP contribution in [0, 0.1) is 5.41 Å². The van der Waals surface area contributed by atoms with Crippen molar-refractivity contribution in [3.63, 3.8) is 0 Å². The second-order valence-electron chi connectivity index (χ2n) is 15.1. The molecule has 0 unspecified atom stereocenters. The summed E-state index contributed by atoms with van der Waals surface area (Å²) < 4.78 is 52.1. The van der Waals surface area contributed by atoms with E-state index >= 15 is 0 Å². The summed E-state index contributed by atoms with van der Waals surface area (Å²) >= 11 is 0. The van der Waals surface area contributed by atoms with Crippen molar-refractivity contribution in [2.45, 2.75) is 64.7 Å². The maximum atomic E-state index is 14.0. The SMILES string of the molecule is CC(C)(C)c1ccc(CP2(=O)OCC3(CO2)COP(=O)(Cc2ccc(C(C)(C)C)cc2-c2ccccc2)OC3)c(-c2ccccc2)c1. The van der Waals surface area contributed by atoms with Gasteiger partial charge in [-0.15, -0.1) is 0 Å². The highest BCUT2D eigenvalue weighted by Crippen LogP contribution is 2.62. The zero-order chi connectivity index (χ0) is 33.5. The highest BCUT2D eigenvalue weighted by atomic mass is 31.2. The predicted molar refractivity (Wildman–Crippen MR) is 190 cm³/mol. The Hall–Kier alpha value is -2.82. The molecule has 2 saturated heterocycles. The minimum Gasteiger partial charge on any atom is -0.307 e. The Bertz CT molecular complexity index is 1660. The van der Waals surface area contributed by atoms with E-state index in [9.17, 15) is 9.13 Å². The maximum Gasteiger partial charge on any atom is 0.335 e. The first kappa shape index (κ1) is 34.1. The van der Waals surface area contributed by atoms with Crippen molar-refractivity contribution < 1.29 is 27.2 Å². The molecule has 2 heterocycles. The van der Waals surface area contributed by atoms with Gasteiger partial charge in [-0.3, -0.25) is 9.13 Å². The number of rotatable bonds is 6. The Kier molecular flexibility index (Phi) is 9.35. The van der Waals surface area contributed by atoms with E-state index in [4.69, 9.17) is 18.1 Å². The summed E-state index contributed by atoms with van der Waals surface area (Å²) in [7, 11) is -6.92. The molecule has 8 heteroatoms. The molecule has 248 valence electrons. The van der Waals surface area contributed by atoms with Crippen molar-refractivity contribution in [1.82, 2.24) is 0 Å². The van der Waals surface area contributed by atoms with Crippen LogP contribution < -0.4 is 0 Å². The van der Waals surface area contributed by atoms with Gasteiger partial charge in [-0.05, 0) is 55.3 Å². The molecule has 4 aromatic carbocycles. The Labute approximate surface area is 279 Å². The molecule has 4 aromatic rings. The lowest BCUT2D eigenvalue weighted by atomic mass is 9.84. The fourth-order valence-electron chi connectivity index (χ4n) is 6.00. The third-order valence-electron chi connectivity index (χ3n) is 9.12. The summed E-state index contributed by atoms with van der Waals surface area (Å²) in [6.45, 7) is 13.7. The molecule has 47 heavy (non-hydrogen) atoms. The number of hydrogen-bond donors (Lipinski definition) is 0. The molecular weight excluding hydrogens is 626 g/mol. The first-order chi connectivity index (χ1) is 22.2. The molecule has 0 amide bonds. The normalized spacial score (nSPS) is 25.1. The number of benzene rings is 4. The third kappa shape index (κ3) is 7.75. The summed E-state index contributed by atoms with van der Waals surface area (Å²) in [6, 6.07) is 32.9. The van der Waals surface area contributed by atoms with Crippen LogP contribution in [0.2, 0.25) is 0 Å². The molecule has 0 aliphatic carbocycles. The highest BCUT2D eigenvalue weighted by Gasteiger charge is 2.49. The monoisotopic (exact) mass is 672 g/mol.